The number of aliphatic hydroxyl groups is 6. The van der Waals surface area contributed by atoms with Crippen LogP contribution >= 0.6 is 0 Å². The number of hydrogen-bond acceptors (Lipinski definition) is 18. The maximum Gasteiger partial charge on any atom is 0.329 e. The minimum absolute atomic E-state index is 0. The fourth-order valence-electron chi connectivity index (χ4n) is 1.26. The van der Waals surface area contributed by atoms with E-state index in [1.165, 1.54) is 13.8 Å². The van der Waals surface area contributed by atoms with Gasteiger partial charge in [-0.15, -0.1) is 0 Å². The van der Waals surface area contributed by atoms with Crippen LogP contribution in [0.15, 0.2) is 0 Å². The highest BCUT2D eigenvalue weighted by Crippen LogP contribution is 1.82. The molecule has 12 N–H and O–H groups in total. The molecule has 0 aromatic heterocycles. The normalized spacial score (nSPS) is 5.53. The molecular weight excluding hydrogens is 1160 g/mol. The molecule has 0 aromatic rings. The van der Waals surface area contributed by atoms with Gasteiger partial charge in [0.2, 0.25) is 0 Å². The summed E-state index contributed by atoms with van der Waals surface area (Å²) < 4.78 is 25.6. The molecule has 0 saturated carbocycles. The minimum Gasteiger partial charge on any atom is -0.480 e. The number of carboxylic acids is 6. The van der Waals surface area contributed by atoms with Gasteiger partial charge in [-0.05, 0) is 13.8 Å². The zero-order valence-electron chi connectivity index (χ0n) is 25.6. The first-order chi connectivity index (χ1) is 21.8. The van der Waals surface area contributed by atoms with Crippen molar-refractivity contribution in [3.05, 3.63) is 0 Å². The third-order valence-corrected chi connectivity index (χ3v) is 2.58. The van der Waals surface area contributed by atoms with Crippen LogP contribution in [0.1, 0.15) is 326 Å². The second-order valence-corrected chi connectivity index (χ2v) is 7.30. The van der Waals surface area contributed by atoms with Gasteiger partial charge in [-0.2, -0.15) is 0 Å². The van der Waals surface area contributed by atoms with E-state index in [1.807, 2.05) is 0 Å². The third-order valence-electron chi connectivity index (χ3n) is 2.58. The number of aliphatic carboxylic acids is 6. The summed E-state index contributed by atoms with van der Waals surface area (Å²) in [6, 6.07) is 0. The smallest absolute Gasteiger partial charge is 0.329 e. The van der Waals surface area contributed by atoms with Crippen LogP contribution < -0.4 is 0 Å². The lowest BCUT2D eigenvalue weighted by Crippen LogP contribution is -2.15. The summed E-state index contributed by atoms with van der Waals surface area (Å²) in [7, 11) is 0. The van der Waals surface area contributed by atoms with Crippen LogP contribution in [-0.2, 0) is 57.2 Å². The van der Waals surface area contributed by atoms with Crippen molar-refractivity contribution in [2.24, 2.45) is 0 Å². The van der Waals surface area contributed by atoms with Gasteiger partial charge in [-0.25, -0.2) is 28.8 Å². The summed E-state index contributed by atoms with van der Waals surface area (Å²) in [6.45, 7) is -0.757. The SMILES string of the molecule is C.C.C.C.C.C.C.C.C.C.C.C.C.C.C.C.C.C.C.C.C.C.C.C.C.C.C.C.C.C.C.C.C.C.C.C.C.C.C.C.C.C.CC(O)COCC(=O)O.CC(O)COCC(=O)O.O=C(O)COCCO.O=C(O)COCO.O=C(O)COCO.O=C(O)COCO. The Balaban J connectivity index is -0.00000000451. The molecule has 0 radical (unpaired) electrons. The molecule has 2 unspecified atom stereocenters. The zero-order valence-corrected chi connectivity index (χ0v) is 25.6. The van der Waals surface area contributed by atoms with E-state index in [0.29, 0.717) is 0 Å². The molecule has 0 aliphatic carbocycles. The summed E-state index contributed by atoms with van der Waals surface area (Å²) in [6.07, 6.45) is -1.19. The first-order valence-electron chi connectivity index (χ1n) is 12.4. The van der Waals surface area contributed by atoms with Crippen LogP contribution in [0.25, 0.3) is 0 Å². The second-order valence-electron chi connectivity index (χ2n) is 7.30. The molecular formula is C65H214O24. The quantitative estimate of drug-likeness (QED) is 0.0375. The molecule has 0 fully saturated rings. The number of hydrogen-bond donors (Lipinski definition) is 12. The van der Waals surface area contributed by atoms with E-state index in [1.54, 1.807) is 0 Å². The van der Waals surface area contributed by atoms with Crippen LogP contribution in [0.4, 0.5) is 0 Å². The van der Waals surface area contributed by atoms with E-state index >= 15 is 0 Å². The van der Waals surface area contributed by atoms with E-state index in [4.69, 9.17) is 61.3 Å². The van der Waals surface area contributed by atoms with Gasteiger partial charge in [-0.1, -0.05) is 312 Å². The Bertz CT molecular complexity index is 704. The average molecular weight is 1380 g/mol. The highest BCUT2D eigenvalue weighted by molar-refractivity contribution is 5.69. The van der Waals surface area contributed by atoms with Gasteiger partial charge in [0.25, 0.3) is 0 Å². The Morgan fingerprint density at radius 1 is 0.236 bits per heavy atom. The molecule has 89 heavy (non-hydrogen) atoms. The van der Waals surface area contributed by atoms with Gasteiger partial charge in [0, 0.05) is 0 Å². The maximum atomic E-state index is 9.77. The lowest BCUT2D eigenvalue weighted by atomic mass is 10.4. The topological polar surface area (TPSA) is 401 Å². The number of rotatable bonds is 21. The largest absolute Gasteiger partial charge is 0.480 e. The summed E-state index contributed by atoms with van der Waals surface area (Å²) >= 11 is 0. The van der Waals surface area contributed by atoms with Crippen LogP contribution in [0.2, 0.25) is 0 Å². The number of carbonyl (C=O) groups is 6. The Morgan fingerprint density at radius 3 is 0.427 bits per heavy atom. The van der Waals surface area contributed by atoms with E-state index in [-0.39, 0.29) is 358 Å². The van der Waals surface area contributed by atoms with Gasteiger partial charge < -0.3 is 89.7 Å². The highest BCUT2D eigenvalue weighted by atomic mass is 16.6. The third kappa shape index (κ3) is 891. The zero-order chi connectivity index (χ0) is 38.1. The number of aliphatic hydroxyl groups excluding tert-OH is 6. The Hall–Kier alpha value is -3.66. The van der Waals surface area contributed by atoms with Crippen LogP contribution in [-0.4, -0.2) is 196 Å². The minimum atomic E-state index is -1.07. The number of carboxylic acid groups (broad SMARTS) is 6. The van der Waals surface area contributed by atoms with Gasteiger partial charge >= 0.3 is 35.8 Å². The van der Waals surface area contributed by atoms with Crippen molar-refractivity contribution in [3.63, 3.8) is 0 Å². The predicted octanol–water partition coefficient (Wildman–Crippen LogP) is 21.8. The molecule has 24 nitrogen and oxygen atoms in total. The maximum absolute atomic E-state index is 9.77. The summed E-state index contributed by atoms with van der Waals surface area (Å²) in [5.41, 5.74) is 0. The van der Waals surface area contributed by atoms with E-state index < -0.39 is 88.2 Å². The molecule has 0 aromatic carbocycles. The van der Waals surface area contributed by atoms with Gasteiger partial charge in [0.15, 0.2) is 0 Å². The summed E-state index contributed by atoms with van der Waals surface area (Å²) in [5.74, 6) is -6.28. The monoisotopic (exact) mass is 1380 g/mol. The molecule has 618 valence electrons. The van der Waals surface area contributed by atoms with E-state index in [0.717, 1.165) is 0 Å². The van der Waals surface area contributed by atoms with Gasteiger partial charge in [0.1, 0.15) is 60.0 Å². The molecule has 2 atom stereocenters. The fourth-order valence-corrected chi connectivity index (χ4v) is 1.26. The molecule has 0 aliphatic heterocycles. The molecule has 0 rings (SSSR count). The van der Waals surface area contributed by atoms with Gasteiger partial charge in [-0.3, -0.25) is 0 Å². The van der Waals surface area contributed by atoms with Crippen molar-refractivity contribution in [1.82, 2.24) is 0 Å². The lowest BCUT2D eigenvalue weighted by Gasteiger charge is -2.01. The lowest BCUT2D eigenvalue weighted by molar-refractivity contribution is -0.146. The van der Waals surface area contributed by atoms with Crippen LogP contribution in [0.5, 0.6) is 0 Å². The fraction of sp³-hybridized carbons (Fsp3) is 0.908. The van der Waals surface area contributed by atoms with E-state index in [9.17, 15) is 28.8 Å². The van der Waals surface area contributed by atoms with Crippen molar-refractivity contribution in [2.45, 2.75) is 338 Å². The van der Waals surface area contributed by atoms with Crippen LogP contribution in [0, 0.1) is 0 Å². The molecule has 0 aliphatic rings. The molecule has 24 heteroatoms. The second kappa shape index (κ2) is 379. The Morgan fingerprint density at radius 2 is 0.348 bits per heavy atom. The van der Waals surface area contributed by atoms with Crippen LogP contribution in [0.3, 0.4) is 0 Å². The first kappa shape index (κ1) is 435. The first-order valence-corrected chi connectivity index (χ1v) is 12.4. The number of ether oxygens (including phenoxy) is 6. The Kier molecular flexibility index (Phi) is 1850. The van der Waals surface area contributed by atoms with Crippen molar-refractivity contribution < 1.29 is 118 Å². The average Bonchev–Trinajstić information content (AvgIpc) is 2.94. The summed E-state index contributed by atoms with van der Waals surface area (Å²) in [5, 5.41) is 96.0. The molecule has 0 amide bonds. The molecule has 0 saturated heterocycles. The predicted molar refractivity (Wildman–Crippen MR) is 431 cm³/mol. The molecule has 0 bridgehead atoms. The molecule has 0 heterocycles. The van der Waals surface area contributed by atoms with Crippen molar-refractivity contribution in [1.29, 1.82) is 0 Å². The molecule has 0 spiro atoms. The van der Waals surface area contributed by atoms with Crippen molar-refractivity contribution >= 4 is 35.8 Å². The standard InChI is InChI=1S/2C5H10O4.C4H8O4.3C3H6O4.42CH4/c2*1-4(6)2-9-3-5(7)8;5-1-2-8-3-4(6)7;3*4-2-7-1-3(5)6;;;;;;;;;;;;;;;;;;;;;;;;;;;;;;;;;;;;;;;;;;/h2*4,6H,2-3H2,1H3,(H,7,8);5H,1-3H2,(H,6,7);3*4H,1-2H2,(H,5,6);42*1H4. The Labute approximate surface area is 577 Å². The van der Waals surface area contributed by atoms with Gasteiger partial charge in [0.05, 0.1) is 38.6 Å². The highest BCUT2D eigenvalue weighted by Gasteiger charge is 1.99. The van der Waals surface area contributed by atoms with E-state index in [2.05, 4.69) is 28.4 Å². The summed E-state index contributed by atoms with van der Waals surface area (Å²) in [4.78, 5) is 57.8. The van der Waals surface area contributed by atoms with Crippen molar-refractivity contribution in [3.8, 4) is 0 Å². The van der Waals surface area contributed by atoms with Crippen molar-refractivity contribution in [2.75, 3.05) is 86.4 Å².